The van der Waals surface area contributed by atoms with Crippen molar-refractivity contribution in [3.63, 3.8) is 0 Å². The lowest BCUT2D eigenvalue weighted by Crippen LogP contribution is -2.49. The third kappa shape index (κ3) is 4.96. The molecule has 2 rings (SSSR count). The summed E-state index contributed by atoms with van der Waals surface area (Å²) in [5, 5.41) is 19.2. The molecule has 0 amide bonds. The predicted octanol–water partition coefficient (Wildman–Crippen LogP) is 0.344. The number of piperazine rings is 1. The van der Waals surface area contributed by atoms with E-state index in [0.29, 0.717) is 7.48 Å². The van der Waals surface area contributed by atoms with E-state index >= 15 is 0 Å². The SMILES string of the molecule is CC(C)(O)C(C)(C)OBc1cccc(N2CCN(CCO)CC2)c1. The molecule has 2 N–H and O–H groups in total. The zero-order chi connectivity index (χ0) is 17.8. The molecule has 1 aromatic carbocycles. The number of anilines is 1. The van der Waals surface area contributed by atoms with Crippen molar-refractivity contribution in [1.29, 1.82) is 0 Å². The Balaban J connectivity index is 1.95. The van der Waals surface area contributed by atoms with Gasteiger partial charge in [0.25, 0.3) is 0 Å². The molecule has 134 valence electrons. The van der Waals surface area contributed by atoms with E-state index in [1.54, 1.807) is 13.8 Å². The summed E-state index contributed by atoms with van der Waals surface area (Å²) in [6, 6.07) is 8.42. The van der Waals surface area contributed by atoms with E-state index in [9.17, 15) is 5.11 Å². The Morgan fingerprint density at radius 3 is 2.38 bits per heavy atom. The summed E-state index contributed by atoms with van der Waals surface area (Å²) in [7, 11) is 0.481. The maximum atomic E-state index is 10.2. The Morgan fingerprint density at radius 1 is 1.12 bits per heavy atom. The van der Waals surface area contributed by atoms with Crippen LogP contribution in [0.4, 0.5) is 5.69 Å². The quantitative estimate of drug-likeness (QED) is 0.705. The Morgan fingerprint density at radius 2 is 1.79 bits per heavy atom. The molecule has 1 aliphatic rings. The average molecular weight is 334 g/mol. The van der Waals surface area contributed by atoms with Gasteiger partial charge >= 0.3 is 7.48 Å². The largest absolute Gasteiger partial charge is 0.427 e. The van der Waals surface area contributed by atoms with Gasteiger partial charge in [-0.05, 0) is 39.8 Å². The van der Waals surface area contributed by atoms with Gasteiger partial charge < -0.3 is 19.8 Å². The number of rotatable bonds is 7. The number of β-amino-alcohol motifs (C(OH)–C–C–N with tert-alkyl or cyclic N) is 1. The Kier molecular flexibility index (Phi) is 6.31. The van der Waals surface area contributed by atoms with E-state index in [4.69, 9.17) is 9.76 Å². The van der Waals surface area contributed by atoms with Gasteiger partial charge in [-0.25, -0.2) is 0 Å². The van der Waals surface area contributed by atoms with Crippen LogP contribution in [0.5, 0.6) is 0 Å². The summed E-state index contributed by atoms with van der Waals surface area (Å²) in [5.41, 5.74) is 0.815. The van der Waals surface area contributed by atoms with Crippen molar-refractivity contribution in [2.75, 3.05) is 44.2 Å². The lowest BCUT2D eigenvalue weighted by Gasteiger charge is -2.38. The highest BCUT2D eigenvalue weighted by Gasteiger charge is 2.35. The van der Waals surface area contributed by atoms with Crippen LogP contribution in [0.1, 0.15) is 27.7 Å². The van der Waals surface area contributed by atoms with E-state index in [0.717, 1.165) is 38.2 Å². The molecule has 1 saturated heterocycles. The van der Waals surface area contributed by atoms with Crippen molar-refractivity contribution < 1.29 is 14.9 Å². The molecular weight excluding hydrogens is 303 g/mol. The molecule has 5 nitrogen and oxygen atoms in total. The zero-order valence-electron chi connectivity index (χ0n) is 15.5. The summed E-state index contributed by atoms with van der Waals surface area (Å²) in [4.78, 5) is 4.66. The maximum Gasteiger partial charge on any atom is 0.309 e. The molecule has 6 heteroatoms. The standard InChI is InChI=1S/C18H31BN2O3/c1-17(2,23)18(3,4)24-19-15-6-5-7-16(14-15)21-10-8-20(9-11-21)12-13-22/h5-7,14,19,22-23H,8-13H2,1-4H3. The molecular formula is C18H31BN2O3. The fraction of sp³-hybridized carbons (Fsp3) is 0.667. The summed E-state index contributed by atoms with van der Waals surface area (Å²) in [6.07, 6.45) is 0. The molecule has 0 aromatic heterocycles. The number of nitrogens with zero attached hydrogens (tertiary/aromatic N) is 2. The molecule has 1 heterocycles. The van der Waals surface area contributed by atoms with Crippen LogP contribution in [0.3, 0.4) is 0 Å². The second-order valence-corrected chi connectivity index (χ2v) is 7.58. The number of aliphatic hydroxyl groups is 2. The van der Waals surface area contributed by atoms with Gasteiger partial charge in [-0.2, -0.15) is 0 Å². The number of aliphatic hydroxyl groups excluding tert-OH is 1. The third-order valence-corrected chi connectivity index (χ3v) is 5.14. The Bertz CT molecular complexity index is 523. The van der Waals surface area contributed by atoms with Crippen molar-refractivity contribution in [2.24, 2.45) is 0 Å². The first kappa shape index (κ1) is 19.3. The molecule has 1 fully saturated rings. The Hall–Kier alpha value is -1.08. The van der Waals surface area contributed by atoms with Crippen LogP contribution in [-0.4, -0.2) is 73.1 Å². The number of benzene rings is 1. The molecule has 0 spiro atoms. The fourth-order valence-corrected chi connectivity index (χ4v) is 2.65. The first-order chi connectivity index (χ1) is 11.2. The summed E-state index contributed by atoms with van der Waals surface area (Å²) in [5.74, 6) is 0. The van der Waals surface area contributed by atoms with Crippen LogP contribution in [0.15, 0.2) is 24.3 Å². The molecule has 0 aliphatic carbocycles. The van der Waals surface area contributed by atoms with Crippen LogP contribution in [-0.2, 0) is 4.65 Å². The van der Waals surface area contributed by atoms with Gasteiger partial charge in [0.2, 0.25) is 0 Å². The minimum absolute atomic E-state index is 0.226. The van der Waals surface area contributed by atoms with Crippen molar-refractivity contribution in [1.82, 2.24) is 4.90 Å². The lowest BCUT2D eigenvalue weighted by molar-refractivity contribution is -0.0893. The van der Waals surface area contributed by atoms with Gasteiger partial charge in [0, 0.05) is 38.4 Å². The second-order valence-electron chi connectivity index (χ2n) is 7.58. The van der Waals surface area contributed by atoms with Gasteiger partial charge in [-0.15, -0.1) is 0 Å². The molecule has 24 heavy (non-hydrogen) atoms. The van der Waals surface area contributed by atoms with Crippen LogP contribution in [0.2, 0.25) is 0 Å². The summed E-state index contributed by atoms with van der Waals surface area (Å²) in [6.45, 7) is 12.3. The van der Waals surface area contributed by atoms with Crippen LogP contribution in [0, 0.1) is 0 Å². The van der Waals surface area contributed by atoms with E-state index in [1.807, 2.05) is 13.8 Å². The lowest BCUT2D eigenvalue weighted by atomic mass is 9.82. The molecule has 0 atom stereocenters. The van der Waals surface area contributed by atoms with E-state index in [2.05, 4.69) is 34.1 Å². The first-order valence-corrected chi connectivity index (χ1v) is 8.76. The minimum atomic E-state index is -0.895. The minimum Gasteiger partial charge on any atom is -0.427 e. The molecule has 0 unspecified atom stereocenters. The molecule has 1 aliphatic heterocycles. The average Bonchev–Trinajstić information content (AvgIpc) is 2.53. The molecule has 0 radical (unpaired) electrons. The highest BCUT2D eigenvalue weighted by atomic mass is 16.5. The number of hydrogen-bond donors (Lipinski definition) is 2. The highest BCUT2D eigenvalue weighted by Crippen LogP contribution is 2.24. The van der Waals surface area contributed by atoms with Crippen molar-refractivity contribution >= 4 is 18.6 Å². The maximum absolute atomic E-state index is 10.2. The van der Waals surface area contributed by atoms with Crippen LogP contribution >= 0.6 is 0 Å². The van der Waals surface area contributed by atoms with E-state index < -0.39 is 11.2 Å². The smallest absolute Gasteiger partial charge is 0.309 e. The fourth-order valence-electron chi connectivity index (χ4n) is 2.65. The van der Waals surface area contributed by atoms with Crippen molar-refractivity contribution in [2.45, 2.75) is 38.9 Å². The van der Waals surface area contributed by atoms with Gasteiger partial charge in [0.1, 0.15) is 0 Å². The van der Waals surface area contributed by atoms with Gasteiger partial charge in [-0.1, -0.05) is 17.6 Å². The van der Waals surface area contributed by atoms with E-state index in [1.165, 1.54) is 5.69 Å². The topological polar surface area (TPSA) is 56.2 Å². The van der Waals surface area contributed by atoms with Gasteiger partial charge in [-0.3, -0.25) is 4.90 Å². The van der Waals surface area contributed by atoms with E-state index in [-0.39, 0.29) is 6.61 Å². The van der Waals surface area contributed by atoms with Gasteiger partial charge in [0.05, 0.1) is 17.8 Å². The van der Waals surface area contributed by atoms with Crippen molar-refractivity contribution in [3.8, 4) is 0 Å². The Labute approximate surface area is 146 Å². The van der Waals surface area contributed by atoms with Crippen molar-refractivity contribution in [3.05, 3.63) is 24.3 Å². The highest BCUT2D eigenvalue weighted by molar-refractivity contribution is 6.47. The van der Waals surface area contributed by atoms with Crippen LogP contribution in [0.25, 0.3) is 0 Å². The summed E-state index contributed by atoms with van der Waals surface area (Å²) < 4.78 is 5.97. The number of hydrogen-bond acceptors (Lipinski definition) is 5. The normalized spacial score (nSPS) is 17.2. The first-order valence-electron chi connectivity index (χ1n) is 8.76. The molecule has 0 bridgehead atoms. The molecule has 0 saturated carbocycles. The monoisotopic (exact) mass is 334 g/mol. The zero-order valence-corrected chi connectivity index (χ0v) is 15.5. The van der Waals surface area contributed by atoms with Gasteiger partial charge in [0.15, 0.2) is 0 Å². The third-order valence-electron chi connectivity index (χ3n) is 5.14. The second kappa shape index (κ2) is 7.87. The van der Waals surface area contributed by atoms with Crippen LogP contribution < -0.4 is 10.4 Å². The molecule has 1 aromatic rings. The predicted molar refractivity (Wildman–Crippen MR) is 100 cm³/mol. The summed E-state index contributed by atoms with van der Waals surface area (Å²) >= 11 is 0.